The second-order valence-electron chi connectivity index (χ2n) is 3.96. The van der Waals surface area contributed by atoms with E-state index in [0.717, 1.165) is 17.8 Å². The number of aromatic nitrogens is 2. The Balaban J connectivity index is 2.62. The van der Waals surface area contributed by atoms with Gasteiger partial charge in [-0.05, 0) is 43.0 Å². The van der Waals surface area contributed by atoms with Gasteiger partial charge in [0, 0.05) is 18.0 Å². The Hall–Kier alpha value is -1.70. The monoisotopic (exact) mass is 212 g/mol. The summed E-state index contributed by atoms with van der Waals surface area (Å²) in [5.74, 6) is 0.822. The van der Waals surface area contributed by atoms with E-state index in [0.29, 0.717) is 0 Å². The molecule has 0 aliphatic heterocycles. The molecular formula is C14H16N2. The molecule has 0 fully saturated rings. The van der Waals surface area contributed by atoms with Gasteiger partial charge in [-0.2, -0.15) is 0 Å². The molecule has 0 amide bonds. The molecule has 2 heteroatoms. The van der Waals surface area contributed by atoms with Crippen LogP contribution in [0.2, 0.25) is 0 Å². The lowest BCUT2D eigenvalue weighted by atomic mass is 9.95. The van der Waals surface area contributed by atoms with Crippen molar-refractivity contribution in [3.8, 4) is 11.4 Å². The molecule has 82 valence electrons. The molecular weight excluding hydrogens is 196 g/mol. The number of rotatable bonds is 2. The van der Waals surface area contributed by atoms with Crippen LogP contribution in [0.4, 0.5) is 0 Å². The quantitative estimate of drug-likeness (QED) is 0.763. The highest BCUT2D eigenvalue weighted by atomic mass is 14.9. The molecule has 2 nitrogen and oxygen atoms in total. The van der Waals surface area contributed by atoms with E-state index in [-0.39, 0.29) is 0 Å². The summed E-state index contributed by atoms with van der Waals surface area (Å²) in [5.41, 5.74) is 5.20. The van der Waals surface area contributed by atoms with Crippen molar-refractivity contribution in [3.63, 3.8) is 0 Å². The van der Waals surface area contributed by atoms with Gasteiger partial charge in [0.05, 0.1) is 0 Å². The lowest BCUT2D eigenvalue weighted by molar-refractivity contribution is 1.07. The fourth-order valence-corrected chi connectivity index (χ4v) is 1.98. The fraction of sp³-hybridized carbons (Fsp3) is 0.286. The summed E-state index contributed by atoms with van der Waals surface area (Å²) in [4.78, 5) is 8.63. The summed E-state index contributed by atoms with van der Waals surface area (Å²) in [6, 6.07) is 6.10. The third kappa shape index (κ3) is 1.83. The number of aryl methyl sites for hydroxylation is 1. The Kier molecular flexibility index (Phi) is 3.00. The highest BCUT2D eigenvalue weighted by Gasteiger charge is 2.09. The SMILES string of the molecule is CCc1c(-c2ncccn2)ccc(C)c1C. The molecule has 0 unspecified atom stereocenters. The van der Waals surface area contributed by atoms with E-state index in [1.807, 2.05) is 6.07 Å². The van der Waals surface area contributed by atoms with Gasteiger partial charge in [0.15, 0.2) is 5.82 Å². The minimum absolute atomic E-state index is 0.822. The second-order valence-corrected chi connectivity index (χ2v) is 3.96. The molecule has 0 N–H and O–H groups in total. The topological polar surface area (TPSA) is 25.8 Å². The summed E-state index contributed by atoms with van der Waals surface area (Å²) in [7, 11) is 0. The van der Waals surface area contributed by atoms with Gasteiger partial charge in [0.25, 0.3) is 0 Å². The molecule has 2 rings (SSSR count). The Bertz CT molecular complexity index is 490. The van der Waals surface area contributed by atoms with Crippen molar-refractivity contribution in [1.29, 1.82) is 0 Å². The van der Waals surface area contributed by atoms with Gasteiger partial charge in [-0.15, -0.1) is 0 Å². The van der Waals surface area contributed by atoms with Gasteiger partial charge in [-0.25, -0.2) is 9.97 Å². The largest absolute Gasteiger partial charge is 0.237 e. The third-order valence-corrected chi connectivity index (χ3v) is 3.03. The van der Waals surface area contributed by atoms with E-state index in [1.54, 1.807) is 12.4 Å². The Morgan fingerprint density at radius 1 is 1.06 bits per heavy atom. The van der Waals surface area contributed by atoms with Crippen LogP contribution in [0.25, 0.3) is 11.4 Å². The Morgan fingerprint density at radius 2 is 1.75 bits per heavy atom. The summed E-state index contributed by atoms with van der Waals surface area (Å²) in [5, 5.41) is 0. The normalized spacial score (nSPS) is 10.4. The molecule has 1 aromatic heterocycles. The number of nitrogens with zero attached hydrogens (tertiary/aromatic N) is 2. The fourth-order valence-electron chi connectivity index (χ4n) is 1.98. The molecule has 1 heterocycles. The van der Waals surface area contributed by atoms with Gasteiger partial charge in [-0.3, -0.25) is 0 Å². The van der Waals surface area contributed by atoms with Crippen LogP contribution in [0.1, 0.15) is 23.6 Å². The minimum Gasteiger partial charge on any atom is -0.237 e. The number of hydrogen-bond acceptors (Lipinski definition) is 2. The molecule has 0 saturated carbocycles. The first-order chi connectivity index (χ1) is 7.74. The van der Waals surface area contributed by atoms with Crippen molar-refractivity contribution in [3.05, 3.63) is 47.3 Å². The summed E-state index contributed by atoms with van der Waals surface area (Å²) in [6.45, 7) is 6.49. The van der Waals surface area contributed by atoms with Crippen LogP contribution < -0.4 is 0 Å². The minimum atomic E-state index is 0.822. The van der Waals surface area contributed by atoms with Crippen LogP contribution in [0.3, 0.4) is 0 Å². The summed E-state index contributed by atoms with van der Waals surface area (Å²) < 4.78 is 0. The summed E-state index contributed by atoms with van der Waals surface area (Å²) >= 11 is 0. The van der Waals surface area contributed by atoms with E-state index in [1.165, 1.54) is 16.7 Å². The molecule has 0 bridgehead atoms. The number of benzene rings is 1. The Labute approximate surface area is 96.4 Å². The first kappa shape index (κ1) is 10.8. The molecule has 16 heavy (non-hydrogen) atoms. The van der Waals surface area contributed by atoms with Gasteiger partial charge in [-0.1, -0.05) is 19.1 Å². The smallest absolute Gasteiger partial charge is 0.159 e. The van der Waals surface area contributed by atoms with E-state index < -0.39 is 0 Å². The van der Waals surface area contributed by atoms with Crippen LogP contribution in [0.15, 0.2) is 30.6 Å². The predicted molar refractivity (Wildman–Crippen MR) is 66.3 cm³/mol. The van der Waals surface area contributed by atoms with Crippen molar-refractivity contribution in [2.75, 3.05) is 0 Å². The molecule has 2 aromatic rings. The maximum atomic E-state index is 4.32. The van der Waals surface area contributed by atoms with Crippen LogP contribution in [0, 0.1) is 13.8 Å². The third-order valence-electron chi connectivity index (χ3n) is 3.03. The van der Waals surface area contributed by atoms with Gasteiger partial charge in [0.1, 0.15) is 0 Å². The van der Waals surface area contributed by atoms with Crippen molar-refractivity contribution < 1.29 is 0 Å². The van der Waals surface area contributed by atoms with Crippen LogP contribution in [-0.4, -0.2) is 9.97 Å². The van der Waals surface area contributed by atoms with Crippen LogP contribution in [0.5, 0.6) is 0 Å². The van der Waals surface area contributed by atoms with Crippen molar-refractivity contribution in [2.24, 2.45) is 0 Å². The maximum Gasteiger partial charge on any atom is 0.159 e. The van der Waals surface area contributed by atoms with E-state index in [2.05, 4.69) is 42.9 Å². The molecule has 0 aliphatic carbocycles. The van der Waals surface area contributed by atoms with E-state index in [4.69, 9.17) is 0 Å². The zero-order valence-corrected chi connectivity index (χ0v) is 9.99. The molecule has 1 aromatic carbocycles. The lowest BCUT2D eigenvalue weighted by Crippen LogP contribution is -1.97. The summed E-state index contributed by atoms with van der Waals surface area (Å²) in [6.07, 6.45) is 4.59. The van der Waals surface area contributed by atoms with Gasteiger partial charge >= 0.3 is 0 Å². The second kappa shape index (κ2) is 4.44. The zero-order valence-electron chi connectivity index (χ0n) is 9.99. The van der Waals surface area contributed by atoms with Crippen LogP contribution >= 0.6 is 0 Å². The standard InChI is InChI=1S/C14H16N2/c1-4-12-11(3)10(2)6-7-13(12)14-15-8-5-9-16-14/h5-9H,4H2,1-3H3. The first-order valence-corrected chi connectivity index (χ1v) is 5.60. The Morgan fingerprint density at radius 3 is 2.38 bits per heavy atom. The maximum absolute atomic E-state index is 4.32. The molecule has 0 spiro atoms. The highest BCUT2D eigenvalue weighted by molar-refractivity contribution is 5.63. The van der Waals surface area contributed by atoms with Gasteiger partial charge < -0.3 is 0 Å². The van der Waals surface area contributed by atoms with E-state index in [9.17, 15) is 0 Å². The van der Waals surface area contributed by atoms with Gasteiger partial charge in [0.2, 0.25) is 0 Å². The highest BCUT2D eigenvalue weighted by Crippen LogP contribution is 2.25. The van der Waals surface area contributed by atoms with Crippen molar-refractivity contribution >= 4 is 0 Å². The predicted octanol–water partition coefficient (Wildman–Crippen LogP) is 3.32. The molecule has 0 radical (unpaired) electrons. The number of hydrogen-bond donors (Lipinski definition) is 0. The zero-order chi connectivity index (χ0) is 11.5. The van der Waals surface area contributed by atoms with Crippen molar-refractivity contribution in [2.45, 2.75) is 27.2 Å². The average Bonchev–Trinajstić information content (AvgIpc) is 2.33. The molecule has 0 saturated heterocycles. The molecule has 0 atom stereocenters. The van der Waals surface area contributed by atoms with Crippen LogP contribution in [-0.2, 0) is 6.42 Å². The van der Waals surface area contributed by atoms with E-state index >= 15 is 0 Å². The first-order valence-electron chi connectivity index (χ1n) is 5.60. The van der Waals surface area contributed by atoms with Crippen molar-refractivity contribution in [1.82, 2.24) is 9.97 Å². The average molecular weight is 212 g/mol. The lowest BCUT2D eigenvalue weighted by Gasteiger charge is -2.12. The molecule has 0 aliphatic rings.